The number of nitrogens with zero attached hydrogens (tertiary/aromatic N) is 3. The molecule has 0 saturated heterocycles. The molecule has 0 aliphatic heterocycles. The van der Waals surface area contributed by atoms with Gasteiger partial charge in [-0.25, -0.2) is 9.97 Å². The standard InChI is InChI=1S/C6H4N3S/c1-2-9(4-7-1)6-3-10-5-8-6/h1-4H. The van der Waals surface area contributed by atoms with Crippen molar-refractivity contribution in [3.8, 4) is 5.82 Å². The highest BCUT2D eigenvalue weighted by atomic mass is 32.1. The minimum absolute atomic E-state index is 0.877. The van der Waals surface area contributed by atoms with Crippen LogP contribution in [0, 0.1) is 5.51 Å². The molecule has 2 aromatic rings. The van der Waals surface area contributed by atoms with Crippen molar-refractivity contribution >= 4 is 11.3 Å². The summed E-state index contributed by atoms with van der Waals surface area (Å²) in [5, 5.41) is 1.92. The molecule has 0 aliphatic rings. The van der Waals surface area contributed by atoms with E-state index in [4.69, 9.17) is 0 Å². The highest BCUT2D eigenvalue weighted by Gasteiger charge is 1.94. The minimum atomic E-state index is 0.877. The van der Waals surface area contributed by atoms with Gasteiger partial charge in [0.1, 0.15) is 12.1 Å². The van der Waals surface area contributed by atoms with Crippen LogP contribution in [0.3, 0.4) is 0 Å². The fourth-order valence-electron chi connectivity index (χ4n) is 0.692. The van der Waals surface area contributed by atoms with Crippen LogP contribution in [0.25, 0.3) is 5.82 Å². The lowest BCUT2D eigenvalue weighted by atomic mass is 10.7. The molecule has 49 valence electrons. The van der Waals surface area contributed by atoms with Crippen LogP contribution < -0.4 is 0 Å². The third kappa shape index (κ3) is 0.823. The van der Waals surface area contributed by atoms with Crippen molar-refractivity contribution in [2.45, 2.75) is 0 Å². The normalized spacial score (nSPS) is 10.0. The van der Waals surface area contributed by atoms with Crippen LogP contribution in [-0.4, -0.2) is 14.5 Å². The van der Waals surface area contributed by atoms with Crippen LogP contribution in [0.4, 0.5) is 0 Å². The van der Waals surface area contributed by atoms with E-state index < -0.39 is 0 Å². The van der Waals surface area contributed by atoms with Crippen LogP contribution >= 0.6 is 11.3 Å². The van der Waals surface area contributed by atoms with Crippen molar-refractivity contribution in [1.82, 2.24) is 14.5 Å². The molecule has 3 nitrogen and oxygen atoms in total. The molecule has 0 fully saturated rings. The van der Waals surface area contributed by atoms with Gasteiger partial charge < -0.3 is 0 Å². The molecule has 0 N–H and O–H groups in total. The third-order valence-electron chi connectivity index (χ3n) is 1.15. The van der Waals surface area contributed by atoms with Crippen molar-refractivity contribution in [2.75, 3.05) is 0 Å². The molecule has 0 bridgehead atoms. The van der Waals surface area contributed by atoms with E-state index in [0.717, 1.165) is 5.82 Å². The molecule has 0 aliphatic carbocycles. The van der Waals surface area contributed by atoms with Gasteiger partial charge in [0.15, 0.2) is 5.51 Å². The van der Waals surface area contributed by atoms with E-state index in [1.165, 1.54) is 11.3 Å². The van der Waals surface area contributed by atoms with Crippen LogP contribution in [0.1, 0.15) is 0 Å². The molecule has 10 heavy (non-hydrogen) atoms. The van der Waals surface area contributed by atoms with Crippen LogP contribution in [0.15, 0.2) is 24.1 Å². The average Bonchev–Trinajstić information content (AvgIpc) is 2.59. The zero-order valence-corrected chi connectivity index (χ0v) is 5.88. The van der Waals surface area contributed by atoms with Gasteiger partial charge in [0.25, 0.3) is 0 Å². The lowest BCUT2D eigenvalue weighted by molar-refractivity contribution is 1.01. The molecule has 0 atom stereocenters. The second-order valence-electron chi connectivity index (χ2n) is 1.77. The Morgan fingerprint density at radius 3 is 3.20 bits per heavy atom. The number of hydrogen-bond donors (Lipinski definition) is 0. The van der Waals surface area contributed by atoms with E-state index in [2.05, 4.69) is 15.5 Å². The summed E-state index contributed by atoms with van der Waals surface area (Å²) in [5.74, 6) is 0.877. The van der Waals surface area contributed by atoms with Crippen LogP contribution in [-0.2, 0) is 0 Å². The van der Waals surface area contributed by atoms with Gasteiger partial charge in [0.05, 0.1) is 0 Å². The number of rotatable bonds is 1. The largest absolute Gasteiger partial charge is 0.290 e. The molecule has 0 saturated carbocycles. The zero-order chi connectivity index (χ0) is 6.81. The Labute approximate surface area is 62.0 Å². The van der Waals surface area contributed by atoms with E-state index in [9.17, 15) is 0 Å². The van der Waals surface area contributed by atoms with Crippen molar-refractivity contribution in [1.29, 1.82) is 0 Å². The Hall–Kier alpha value is -1.16. The van der Waals surface area contributed by atoms with E-state index >= 15 is 0 Å². The monoisotopic (exact) mass is 150 g/mol. The van der Waals surface area contributed by atoms with Gasteiger partial charge in [0, 0.05) is 17.8 Å². The smallest absolute Gasteiger partial charge is 0.154 e. The summed E-state index contributed by atoms with van der Waals surface area (Å²) in [7, 11) is 0. The summed E-state index contributed by atoms with van der Waals surface area (Å²) in [5.41, 5.74) is 2.76. The SMILES string of the molecule is [c]1nc(-n2ccnc2)cs1. The van der Waals surface area contributed by atoms with E-state index in [1.807, 2.05) is 16.1 Å². The van der Waals surface area contributed by atoms with Gasteiger partial charge >= 0.3 is 0 Å². The van der Waals surface area contributed by atoms with Crippen molar-refractivity contribution in [3.05, 3.63) is 29.6 Å². The van der Waals surface area contributed by atoms with Crippen LogP contribution in [0.5, 0.6) is 0 Å². The van der Waals surface area contributed by atoms with Crippen molar-refractivity contribution in [2.24, 2.45) is 0 Å². The zero-order valence-electron chi connectivity index (χ0n) is 5.06. The van der Waals surface area contributed by atoms with Gasteiger partial charge in [-0.1, -0.05) is 0 Å². The molecule has 0 amide bonds. The first-order valence-corrected chi connectivity index (χ1v) is 3.65. The summed E-state index contributed by atoms with van der Waals surface area (Å²) < 4.78 is 1.84. The molecule has 0 spiro atoms. The summed E-state index contributed by atoms with van der Waals surface area (Å²) >= 11 is 1.45. The first-order chi connectivity index (χ1) is 4.97. The molecule has 0 aromatic carbocycles. The fraction of sp³-hybridized carbons (Fsp3) is 0. The van der Waals surface area contributed by atoms with Gasteiger partial charge in [-0.15, -0.1) is 11.3 Å². The van der Waals surface area contributed by atoms with Crippen molar-refractivity contribution in [3.63, 3.8) is 0 Å². The average molecular weight is 150 g/mol. The van der Waals surface area contributed by atoms with Gasteiger partial charge in [0.2, 0.25) is 0 Å². The predicted molar refractivity (Wildman–Crippen MR) is 38.1 cm³/mol. The maximum Gasteiger partial charge on any atom is 0.154 e. The lowest BCUT2D eigenvalue weighted by Gasteiger charge is -1.90. The maximum atomic E-state index is 3.98. The highest BCUT2D eigenvalue weighted by molar-refractivity contribution is 7.07. The second kappa shape index (κ2) is 2.22. The van der Waals surface area contributed by atoms with Gasteiger partial charge in [-0.05, 0) is 0 Å². The number of thiazole rings is 1. The summed E-state index contributed by atoms with van der Waals surface area (Å²) in [4.78, 5) is 7.87. The molecule has 2 heterocycles. The first-order valence-electron chi connectivity index (χ1n) is 2.77. The minimum Gasteiger partial charge on any atom is -0.290 e. The highest BCUT2D eigenvalue weighted by Crippen LogP contribution is 2.05. The molecular formula is C6H4N3S. The Balaban J connectivity index is 2.48. The second-order valence-corrected chi connectivity index (χ2v) is 2.42. The molecular weight excluding hydrogens is 146 g/mol. The first kappa shape index (κ1) is 5.61. The molecule has 2 aromatic heterocycles. The number of hydrogen-bond acceptors (Lipinski definition) is 3. The van der Waals surface area contributed by atoms with Gasteiger partial charge in [-0.3, -0.25) is 4.57 Å². The Bertz CT molecular complexity index is 252. The molecule has 1 radical (unpaired) electrons. The number of imidazole rings is 1. The fourth-order valence-corrected chi connectivity index (χ4v) is 1.17. The number of aromatic nitrogens is 3. The molecule has 2 rings (SSSR count). The van der Waals surface area contributed by atoms with Crippen molar-refractivity contribution < 1.29 is 0 Å². The van der Waals surface area contributed by atoms with Crippen LogP contribution in [0.2, 0.25) is 0 Å². The predicted octanol–water partition coefficient (Wildman–Crippen LogP) is 1.13. The quantitative estimate of drug-likeness (QED) is 0.610. The topological polar surface area (TPSA) is 30.7 Å². The Kier molecular flexibility index (Phi) is 1.25. The summed E-state index contributed by atoms with van der Waals surface area (Å²) in [6, 6.07) is 0. The van der Waals surface area contributed by atoms with E-state index in [1.54, 1.807) is 12.5 Å². The third-order valence-corrected chi connectivity index (χ3v) is 1.67. The maximum absolute atomic E-state index is 3.98. The van der Waals surface area contributed by atoms with E-state index in [-0.39, 0.29) is 0 Å². The Morgan fingerprint density at radius 1 is 1.60 bits per heavy atom. The van der Waals surface area contributed by atoms with Gasteiger partial charge in [-0.2, -0.15) is 0 Å². The molecule has 0 unspecified atom stereocenters. The van der Waals surface area contributed by atoms with E-state index in [0.29, 0.717) is 0 Å². The summed E-state index contributed by atoms with van der Waals surface area (Å²) in [6.07, 6.45) is 5.28. The Morgan fingerprint density at radius 2 is 2.60 bits per heavy atom. The lowest BCUT2D eigenvalue weighted by Crippen LogP contribution is -1.87. The molecule has 4 heteroatoms. The summed E-state index contributed by atoms with van der Waals surface area (Å²) in [6.45, 7) is 0.